The van der Waals surface area contributed by atoms with Gasteiger partial charge in [-0.05, 0) is 50.3 Å². The van der Waals surface area contributed by atoms with Crippen molar-refractivity contribution in [1.82, 2.24) is 5.32 Å². The smallest absolute Gasteiger partial charge is 0.354 e. The molecule has 0 amide bonds. The maximum absolute atomic E-state index is 12.8. The molecule has 1 aromatic rings. The van der Waals surface area contributed by atoms with Crippen molar-refractivity contribution in [2.75, 3.05) is 4.90 Å². The van der Waals surface area contributed by atoms with E-state index in [1.807, 2.05) is 13.8 Å². The van der Waals surface area contributed by atoms with Crippen LogP contribution < -0.4 is 10.2 Å². The zero-order chi connectivity index (χ0) is 15.1. The highest BCUT2D eigenvalue weighted by molar-refractivity contribution is 7.80. The Morgan fingerprint density at radius 1 is 1.30 bits per heavy atom. The summed E-state index contributed by atoms with van der Waals surface area (Å²) in [5.41, 5.74) is -0.912. The molecule has 20 heavy (non-hydrogen) atoms. The van der Waals surface area contributed by atoms with Crippen molar-refractivity contribution in [3.63, 3.8) is 0 Å². The average molecular weight is 321 g/mol. The van der Waals surface area contributed by atoms with Gasteiger partial charge >= 0.3 is 6.18 Å². The van der Waals surface area contributed by atoms with Gasteiger partial charge in [-0.15, -0.1) is 0 Å². The van der Waals surface area contributed by atoms with Crippen LogP contribution in [0.2, 0.25) is 5.02 Å². The topological polar surface area (TPSA) is 15.3 Å². The Morgan fingerprint density at radius 3 is 2.50 bits per heavy atom. The van der Waals surface area contributed by atoms with Gasteiger partial charge in [-0.25, -0.2) is 0 Å². The molecular formula is C13H12ClF3N2S. The van der Waals surface area contributed by atoms with Crippen molar-refractivity contribution in [2.45, 2.75) is 25.6 Å². The van der Waals surface area contributed by atoms with E-state index in [2.05, 4.69) is 5.32 Å². The van der Waals surface area contributed by atoms with E-state index in [0.717, 1.165) is 12.1 Å². The maximum Gasteiger partial charge on any atom is 0.416 e. The van der Waals surface area contributed by atoms with Gasteiger partial charge in [0.15, 0.2) is 5.11 Å². The third-order valence-corrected chi connectivity index (χ3v) is 3.44. The fraction of sp³-hybridized carbons (Fsp3) is 0.308. The Kier molecular flexibility index (Phi) is 3.73. The first-order valence-corrected chi connectivity index (χ1v) is 6.56. The lowest BCUT2D eigenvalue weighted by Gasteiger charge is -2.35. The summed E-state index contributed by atoms with van der Waals surface area (Å²) in [5, 5.41) is 3.53. The lowest BCUT2D eigenvalue weighted by atomic mass is 10.0. The number of nitrogens with zero attached hydrogens (tertiary/aromatic N) is 1. The summed E-state index contributed by atoms with van der Waals surface area (Å²) in [5.74, 6) is 0. The number of anilines is 1. The number of alkyl halides is 3. The molecule has 1 heterocycles. The fourth-order valence-corrected chi connectivity index (χ4v) is 2.40. The number of hydrogen-bond donors (Lipinski definition) is 1. The molecule has 0 aromatic heterocycles. The number of rotatable bonds is 1. The lowest BCUT2D eigenvalue weighted by Crippen LogP contribution is -2.51. The predicted molar refractivity (Wildman–Crippen MR) is 77.9 cm³/mol. The quantitative estimate of drug-likeness (QED) is 0.775. The molecule has 0 atom stereocenters. The molecule has 0 aliphatic carbocycles. The van der Waals surface area contributed by atoms with Crippen LogP contribution in [0, 0.1) is 0 Å². The molecule has 0 fully saturated rings. The summed E-state index contributed by atoms with van der Waals surface area (Å²) >= 11 is 11.2. The van der Waals surface area contributed by atoms with E-state index in [9.17, 15) is 13.2 Å². The molecule has 1 aliphatic heterocycles. The second-order valence-electron chi connectivity index (χ2n) is 5.00. The van der Waals surface area contributed by atoms with Crippen molar-refractivity contribution in [2.24, 2.45) is 0 Å². The molecule has 0 radical (unpaired) electrons. The van der Waals surface area contributed by atoms with Gasteiger partial charge in [0.2, 0.25) is 0 Å². The van der Waals surface area contributed by atoms with Crippen LogP contribution in [0.3, 0.4) is 0 Å². The number of nitrogens with one attached hydrogen (secondary N) is 1. The number of hydrogen-bond acceptors (Lipinski definition) is 1. The second kappa shape index (κ2) is 4.93. The van der Waals surface area contributed by atoms with Crippen LogP contribution in [-0.2, 0) is 6.18 Å². The fourth-order valence-electron chi connectivity index (χ4n) is 1.77. The van der Waals surface area contributed by atoms with Crippen LogP contribution in [0.4, 0.5) is 18.9 Å². The zero-order valence-electron chi connectivity index (χ0n) is 10.8. The summed E-state index contributed by atoms with van der Waals surface area (Å²) in [4.78, 5) is 1.43. The van der Waals surface area contributed by atoms with Crippen LogP contribution in [-0.4, -0.2) is 10.7 Å². The molecule has 0 saturated heterocycles. The maximum atomic E-state index is 12.8. The summed E-state index contributed by atoms with van der Waals surface area (Å²) < 4.78 is 38.3. The third-order valence-electron chi connectivity index (χ3n) is 2.82. The van der Waals surface area contributed by atoms with E-state index in [-0.39, 0.29) is 16.2 Å². The highest BCUT2D eigenvalue weighted by Gasteiger charge is 2.32. The van der Waals surface area contributed by atoms with Crippen molar-refractivity contribution >= 4 is 34.6 Å². The largest absolute Gasteiger partial charge is 0.416 e. The Bertz CT molecular complexity index is 581. The minimum absolute atomic E-state index is 0.200. The third kappa shape index (κ3) is 3.07. The van der Waals surface area contributed by atoms with E-state index < -0.39 is 11.7 Å². The van der Waals surface area contributed by atoms with E-state index >= 15 is 0 Å². The molecule has 0 bridgehead atoms. The van der Waals surface area contributed by atoms with Gasteiger partial charge in [-0.2, -0.15) is 13.2 Å². The predicted octanol–water partition coefficient (Wildman–Crippen LogP) is 4.35. The first-order chi connectivity index (χ1) is 9.10. The van der Waals surface area contributed by atoms with E-state index in [4.69, 9.17) is 23.8 Å². The lowest BCUT2D eigenvalue weighted by molar-refractivity contribution is -0.137. The average Bonchev–Trinajstić information content (AvgIpc) is 2.28. The summed E-state index contributed by atoms with van der Waals surface area (Å²) in [6.07, 6.45) is -0.993. The Morgan fingerprint density at radius 2 is 1.95 bits per heavy atom. The van der Waals surface area contributed by atoms with Gasteiger partial charge in [0, 0.05) is 6.20 Å². The van der Waals surface area contributed by atoms with Gasteiger partial charge < -0.3 is 5.32 Å². The van der Waals surface area contributed by atoms with Crippen molar-refractivity contribution in [1.29, 1.82) is 0 Å². The molecule has 1 aliphatic rings. The van der Waals surface area contributed by atoms with Gasteiger partial charge in [-0.1, -0.05) is 11.6 Å². The molecule has 7 heteroatoms. The highest BCUT2D eigenvalue weighted by Crippen LogP contribution is 2.36. The number of thiocarbonyl (C=S) groups is 1. The van der Waals surface area contributed by atoms with Crippen molar-refractivity contribution < 1.29 is 13.2 Å². The Hall–Kier alpha value is -1.27. The first kappa shape index (κ1) is 15.1. The van der Waals surface area contributed by atoms with Gasteiger partial charge in [0.25, 0.3) is 0 Å². The van der Waals surface area contributed by atoms with Crippen LogP contribution in [0.15, 0.2) is 30.5 Å². The monoisotopic (exact) mass is 320 g/mol. The van der Waals surface area contributed by atoms with Crippen molar-refractivity contribution in [3.8, 4) is 0 Å². The standard InChI is InChI=1S/C13H12ClF3N2S/c1-12(2)5-6-19(11(20)18-12)10-7-8(13(15,16)17)3-4-9(10)14/h3-7H,1-2H3,(H,18,20). The van der Waals surface area contributed by atoms with Gasteiger partial charge in [0.1, 0.15) is 0 Å². The van der Waals surface area contributed by atoms with Crippen molar-refractivity contribution in [3.05, 3.63) is 41.1 Å². The normalized spacial score (nSPS) is 18.1. The molecule has 2 nitrogen and oxygen atoms in total. The summed E-state index contributed by atoms with van der Waals surface area (Å²) in [6.45, 7) is 3.81. The molecule has 1 N–H and O–H groups in total. The van der Waals surface area contributed by atoms with Gasteiger partial charge in [0.05, 0.1) is 21.8 Å². The molecule has 0 spiro atoms. The van der Waals surface area contributed by atoms with Crippen LogP contribution in [0.1, 0.15) is 19.4 Å². The number of benzene rings is 1. The molecule has 2 rings (SSSR count). The first-order valence-electron chi connectivity index (χ1n) is 5.78. The zero-order valence-corrected chi connectivity index (χ0v) is 12.3. The molecule has 0 unspecified atom stereocenters. The van der Waals surface area contributed by atoms with E-state index in [0.29, 0.717) is 5.11 Å². The van der Waals surface area contributed by atoms with Crippen LogP contribution >= 0.6 is 23.8 Å². The highest BCUT2D eigenvalue weighted by atomic mass is 35.5. The minimum Gasteiger partial charge on any atom is -0.354 e. The molecular weight excluding hydrogens is 309 g/mol. The molecule has 108 valence electrons. The number of halogens is 4. The van der Waals surface area contributed by atoms with E-state index in [1.54, 1.807) is 12.3 Å². The molecule has 1 aromatic carbocycles. The SMILES string of the molecule is CC1(C)C=CN(c2cc(C(F)(F)F)ccc2Cl)C(=S)N1. The Balaban J connectivity index is 2.45. The second-order valence-corrected chi connectivity index (χ2v) is 5.80. The van der Waals surface area contributed by atoms with E-state index in [1.165, 1.54) is 11.0 Å². The minimum atomic E-state index is -4.42. The molecule has 0 saturated carbocycles. The van der Waals surface area contributed by atoms with Gasteiger partial charge in [-0.3, -0.25) is 4.90 Å². The summed E-state index contributed by atoms with van der Waals surface area (Å²) in [6, 6.07) is 3.15. The van der Waals surface area contributed by atoms with Crippen LogP contribution in [0.5, 0.6) is 0 Å². The Labute approximate surface area is 125 Å². The summed E-state index contributed by atoms with van der Waals surface area (Å²) in [7, 11) is 0. The van der Waals surface area contributed by atoms with Crippen LogP contribution in [0.25, 0.3) is 0 Å².